The molecular formula is C9H16N2O2S. The lowest BCUT2D eigenvalue weighted by molar-refractivity contribution is 0.557. The van der Waals surface area contributed by atoms with E-state index in [1.54, 1.807) is 0 Å². The van der Waals surface area contributed by atoms with Gasteiger partial charge in [-0.1, -0.05) is 13.3 Å². The zero-order valence-corrected chi connectivity index (χ0v) is 9.18. The molecule has 0 aromatic carbocycles. The minimum atomic E-state index is -3.23. The summed E-state index contributed by atoms with van der Waals surface area (Å²) in [5, 5.41) is 8.75. The van der Waals surface area contributed by atoms with E-state index < -0.39 is 16.1 Å². The van der Waals surface area contributed by atoms with E-state index >= 15 is 0 Å². The fourth-order valence-corrected chi connectivity index (χ4v) is 2.66. The molecule has 1 atom stereocenters. The van der Waals surface area contributed by atoms with E-state index in [0.717, 1.165) is 19.3 Å². The maximum absolute atomic E-state index is 11.4. The first-order valence-corrected chi connectivity index (χ1v) is 6.64. The summed E-state index contributed by atoms with van der Waals surface area (Å²) in [7, 11) is -3.23. The van der Waals surface area contributed by atoms with Crippen LogP contribution in [-0.4, -0.2) is 20.2 Å². The molecule has 1 aliphatic carbocycles. The zero-order chi connectivity index (χ0) is 10.6. The van der Waals surface area contributed by atoms with Crippen LogP contribution in [0.4, 0.5) is 0 Å². The van der Waals surface area contributed by atoms with Crippen molar-refractivity contribution in [1.82, 2.24) is 4.72 Å². The maximum atomic E-state index is 11.4. The summed E-state index contributed by atoms with van der Waals surface area (Å²) >= 11 is 0. The highest BCUT2D eigenvalue weighted by Gasteiger charge is 2.33. The molecule has 0 heterocycles. The highest BCUT2D eigenvalue weighted by atomic mass is 32.2. The van der Waals surface area contributed by atoms with Crippen molar-refractivity contribution in [2.45, 2.75) is 38.6 Å². The molecule has 14 heavy (non-hydrogen) atoms. The summed E-state index contributed by atoms with van der Waals surface area (Å²) in [4.78, 5) is 0. The van der Waals surface area contributed by atoms with Crippen molar-refractivity contribution in [2.75, 3.05) is 5.75 Å². The topological polar surface area (TPSA) is 70.0 Å². The van der Waals surface area contributed by atoms with Crippen molar-refractivity contribution in [3.63, 3.8) is 0 Å². The standard InChI is InChI=1S/C9H16N2O2S/c1-2-3-6-14(12,13)11-9(7-10)8-4-5-8/h8-9,11H,2-6H2,1H3. The predicted octanol–water partition coefficient (Wildman–Crippen LogP) is 1.01. The third-order valence-electron chi connectivity index (χ3n) is 2.31. The fraction of sp³-hybridized carbons (Fsp3) is 0.889. The molecule has 0 saturated heterocycles. The van der Waals surface area contributed by atoms with Crippen LogP contribution in [0.3, 0.4) is 0 Å². The van der Waals surface area contributed by atoms with Gasteiger partial charge in [-0.2, -0.15) is 9.98 Å². The number of nitrogens with zero attached hydrogens (tertiary/aromatic N) is 1. The van der Waals surface area contributed by atoms with E-state index in [4.69, 9.17) is 5.26 Å². The van der Waals surface area contributed by atoms with Gasteiger partial charge in [-0.3, -0.25) is 0 Å². The van der Waals surface area contributed by atoms with Crippen molar-refractivity contribution in [3.8, 4) is 6.07 Å². The number of nitriles is 1. The molecular weight excluding hydrogens is 200 g/mol. The molecule has 1 rings (SSSR count). The van der Waals surface area contributed by atoms with E-state index in [1.807, 2.05) is 13.0 Å². The van der Waals surface area contributed by atoms with E-state index in [1.165, 1.54) is 0 Å². The van der Waals surface area contributed by atoms with Crippen LogP contribution < -0.4 is 4.72 Å². The van der Waals surface area contributed by atoms with Gasteiger partial charge in [-0.25, -0.2) is 8.42 Å². The molecule has 0 radical (unpaired) electrons. The number of sulfonamides is 1. The van der Waals surface area contributed by atoms with E-state index in [9.17, 15) is 8.42 Å². The van der Waals surface area contributed by atoms with Crippen molar-refractivity contribution < 1.29 is 8.42 Å². The highest BCUT2D eigenvalue weighted by molar-refractivity contribution is 7.89. The Labute approximate surface area is 85.4 Å². The molecule has 5 heteroatoms. The molecule has 0 aliphatic heterocycles. The molecule has 1 fully saturated rings. The largest absolute Gasteiger partial charge is 0.212 e. The van der Waals surface area contributed by atoms with Gasteiger partial charge in [0.1, 0.15) is 6.04 Å². The van der Waals surface area contributed by atoms with Crippen molar-refractivity contribution >= 4 is 10.0 Å². The second kappa shape index (κ2) is 4.76. The molecule has 1 unspecified atom stereocenters. The lowest BCUT2D eigenvalue weighted by Crippen LogP contribution is -2.36. The van der Waals surface area contributed by atoms with E-state index in [2.05, 4.69) is 4.72 Å². The smallest absolute Gasteiger partial charge is 0.212 e. The molecule has 4 nitrogen and oxygen atoms in total. The Bertz CT molecular complexity index is 314. The summed E-state index contributed by atoms with van der Waals surface area (Å²) in [6.07, 6.45) is 3.43. The van der Waals surface area contributed by atoms with Gasteiger partial charge in [0.2, 0.25) is 10.0 Å². The summed E-state index contributed by atoms with van der Waals surface area (Å²) in [6, 6.07) is 1.50. The zero-order valence-electron chi connectivity index (χ0n) is 8.36. The minimum Gasteiger partial charge on any atom is -0.212 e. The van der Waals surface area contributed by atoms with Gasteiger partial charge in [0.15, 0.2) is 0 Å². The predicted molar refractivity (Wildman–Crippen MR) is 54.0 cm³/mol. The van der Waals surface area contributed by atoms with E-state index in [-0.39, 0.29) is 11.7 Å². The van der Waals surface area contributed by atoms with Crippen LogP contribution >= 0.6 is 0 Å². The number of nitrogens with one attached hydrogen (secondary N) is 1. The fourth-order valence-electron chi connectivity index (χ4n) is 1.24. The van der Waals surface area contributed by atoms with Crippen LogP contribution in [-0.2, 0) is 10.0 Å². The van der Waals surface area contributed by atoms with Gasteiger partial charge in [-0.15, -0.1) is 0 Å². The summed E-state index contributed by atoms with van der Waals surface area (Å²) in [5.74, 6) is 0.380. The SMILES string of the molecule is CCCCS(=O)(=O)NC(C#N)C1CC1. The molecule has 0 amide bonds. The quantitative estimate of drug-likeness (QED) is 0.720. The first kappa shape index (κ1) is 11.5. The van der Waals surface area contributed by atoms with Crippen LogP contribution in [0.25, 0.3) is 0 Å². The lowest BCUT2D eigenvalue weighted by Gasteiger charge is -2.10. The van der Waals surface area contributed by atoms with Crippen molar-refractivity contribution in [1.29, 1.82) is 5.26 Å². The Balaban J connectivity index is 2.44. The molecule has 1 N–H and O–H groups in total. The third kappa shape index (κ3) is 3.64. The van der Waals surface area contributed by atoms with Crippen molar-refractivity contribution in [2.24, 2.45) is 5.92 Å². The van der Waals surface area contributed by atoms with Crippen LogP contribution in [0.5, 0.6) is 0 Å². The molecule has 0 bridgehead atoms. The van der Waals surface area contributed by atoms with Gasteiger partial charge in [0, 0.05) is 0 Å². The summed E-state index contributed by atoms with van der Waals surface area (Å²) in [5.41, 5.74) is 0. The number of hydrogen-bond donors (Lipinski definition) is 1. The molecule has 1 aliphatic rings. The van der Waals surface area contributed by atoms with Gasteiger partial charge in [0.05, 0.1) is 11.8 Å². The first-order chi connectivity index (χ1) is 6.59. The second-order valence-electron chi connectivity index (χ2n) is 3.73. The van der Waals surface area contributed by atoms with Crippen LogP contribution in [0, 0.1) is 17.2 Å². The Hall–Kier alpha value is -0.600. The highest BCUT2D eigenvalue weighted by Crippen LogP contribution is 2.32. The Morgan fingerprint density at radius 2 is 2.21 bits per heavy atom. The minimum absolute atomic E-state index is 0.133. The average Bonchev–Trinajstić information content (AvgIpc) is 2.94. The third-order valence-corrected chi connectivity index (χ3v) is 3.74. The van der Waals surface area contributed by atoms with E-state index in [0.29, 0.717) is 6.42 Å². The normalized spacial score (nSPS) is 18.9. The molecule has 0 spiro atoms. The molecule has 80 valence electrons. The second-order valence-corrected chi connectivity index (χ2v) is 5.61. The van der Waals surface area contributed by atoms with Gasteiger partial charge in [0.25, 0.3) is 0 Å². The van der Waals surface area contributed by atoms with Crippen LogP contribution in [0.15, 0.2) is 0 Å². The molecule has 1 saturated carbocycles. The molecule has 0 aromatic heterocycles. The summed E-state index contributed by atoms with van der Waals surface area (Å²) in [6.45, 7) is 1.94. The Morgan fingerprint density at radius 1 is 1.57 bits per heavy atom. The monoisotopic (exact) mass is 216 g/mol. The van der Waals surface area contributed by atoms with Gasteiger partial charge >= 0.3 is 0 Å². The van der Waals surface area contributed by atoms with Crippen LogP contribution in [0.2, 0.25) is 0 Å². The Morgan fingerprint density at radius 3 is 2.64 bits per heavy atom. The number of unbranched alkanes of at least 4 members (excludes halogenated alkanes) is 1. The molecule has 0 aromatic rings. The van der Waals surface area contributed by atoms with Crippen LogP contribution in [0.1, 0.15) is 32.6 Å². The lowest BCUT2D eigenvalue weighted by atomic mass is 10.2. The van der Waals surface area contributed by atoms with Crippen molar-refractivity contribution in [3.05, 3.63) is 0 Å². The maximum Gasteiger partial charge on any atom is 0.212 e. The summed E-state index contributed by atoms with van der Waals surface area (Å²) < 4.78 is 25.3. The number of hydrogen-bond acceptors (Lipinski definition) is 3. The van der Waals surface area contributed by atoms with Gasteiger partial charge < -0.3 is 0 Å². The number of rotatable bonds is 6. The first-order valence-electron chi connectivity index (χ1n) is 4.98. The average molecular weight is 216 g/mol. The Kier molecular flexibility index (Phi) is 3.90. The van der Waals surface area contributed by atoms with Gasteiger partial charge in [-0.05, 0) is 25.2 Å².